The van der Waals surface area contributed by atoms with E-state index in [1.807, 2.05) is 0 Å². The molecule has 58 valence electrons. The third-order valence-corrected chi connectivity index (χ3v) is 1.40. The van der Waals surface area contributed by atoms with Crippen molar-refractivity contribution >= 4 is 35.1 Å². The van der Waals surface area contributed by atoms with Crippen LogP contribution in [-0.4, -0.2) is 34.9 Å². The van der Waals surface area contributed by atoms with Gasteiger partial charge in [-0.2, -0.15) is 12.6 Å². The molecule has 0 aliphatic carbocycles. The SMILES string of the molecule is OCCS.OCCSS. The lowest BCUT2D eigenvalue weighted by Gasteiger charge is -1.78. The zero-order valence-corrected chi connectivity index (χ0v) is 7.63. The third kappa shape index (κ3) is 27.6. The second kappa shape index (κ2) is 16.0. The summed E-state index contributed by atoms with van der Waals surface area (Å²) >= 11 is 7.43. The maximum Gasteiger partial charge on any atom is 0.0530 e. The summed E-state index contributed by atoms with van der Waals surface area (Å²) in [5, 5.41) is 15.8. The molecule has 0 saturated carbocycles. The van der Waals surface area contributed by atoms with E-state index in [9.17, 15) is 0 Å². The van der Waals surface area contributed by atoms with Gasteiger partial charge in [0.1, 0.15) is 0 Å². The van der Waals surface area contributed by atoms with Gasteiger partial charge in [-0.15, -0.1) is 11.7 Å². The van der Waals surface area contributed by atoms with Gasteiger partial charge >= 0.3 is 0 Å². The van der Waals surface area contributed by atoms with Crippen LogP contribution in [0.15, 0.2) is 0 Å². The Balaban J connectivity index is 0. The van der Waals surface area contributed by atoms with E-state index < -0.39 is 0 Å². The van der Waals surface area contributed by atoms with E-state index in [1.165, 1.54) is 10.8 Å². The first-order valence-electron chi connectivity index (χ1n) is 2.42. The van der Waals surface area contributed by atoms with Crippen LogP contribution in [0.5, 0.6) is 0 Å². The van der Waals surface area contributed by atoms with Crippen molar-refractivity contribution in [1.29, 1.82) is 0 Å². The molecule has 0 aromatic heterocycles. The molecular formula is C4H12O2S3. The van der Waals surface area contributed by atoms with E-state index in [0.29, 0.717) is 5.75 Å². The van der Waals surface area contributed by atoms with Crippen LogP contribution in [0.2, 0.25) is 0 Å². The molecule has 0 bridgehead atoms. The monoisotopic (exact) mass is 188 g/mol. The zero-order valence-electron chi connectivity index (χ0n) is 5.03. The van der Waals surface area contributed by atoms with Gasteiger partial charge in [-0.3, -0.25) is 0 Å². The Bertz CT molecular complexity index is 33.0. The van der Waals surface area contributed by atoms with Gasteiger partial charge in [0.25, 0.3) is 0 Å². The third-order valence-electron chi connectivity index (χ3n) is 0.283. The van der Waals surface area contributed by atoms with Crippen molar-refractivity contribution in [3.63, 3.8) is 0 Å². The molecule has 0 aliphatic heterocycles. The molecule has 0 saturated heterocycles. The second-order valence-corrected chi connectivity index (χ2v) is 2.89. The maximum absolute atomic E-state index is 8.00. The Kier molecular flexibility index (Phi) is 22.4. The van der Waals surface area contributed by atoms with Gasteiger partial charge in [0.05, 0.1) is 13.2 Å². The molecular weight excluding hydrogens is 176 g/mol. The van der Waals surface area contributed by atoms with Crippen LogP contribution in [0.4, 0.5) is 0 Å². The average molecular weight is 188 g/mol. The molecule has 0 fully saturated rings. The van der Waals surface area contributed by atoms with Gasteiger partial charge in [0.2, 0.25) is 0 Å². The Morgan fingerprint density at radius 1 is 1.22 bits per heavy atom. The molecule has 2 nitrogen and oxygen atoms in total. The largest absolute Gasteiger partial charge is 0.396 e. The molecule has 0 spiro atoms. The Labute approximate surface area is 70.3 Å². The summed E-state index contributed by atoms with van der Waals surface area (Å²) in [6, 6.07) is 0. The van der Waals surface area contributed by atoms with Crippen LogP contribution in [-0.2, 0) is 0 Å². The van der Waals surface area contributed by atoms with Crippen LogP contribution < -0.4 is 0 Å². The van der Waals surface area contributed by atoms with E-state index in [1.54, 1.807) is 0 Å². The van der Waals surface area contributed by atoms with Crippen LogP contribution >= 0.6 is 35.1 Å². The minimum absolute atomic E-state index is 0.184. The first-order chi connectivity index (χ1) is 4.33. The standard InChI is InChI=1S/C2H6OS2.C2H6OS/c3-1-2-5-4;3-1-2-4/h3-4H,1-2H2;3-4H,1-2H2. The topological polar surface area (TPSA) is 40.5 Å². The molecule has 0 aromatic rings. The lowest BCUT2D eigenvalue weighted by molar-refractivity contribution is 0.322. The summed E-state index contributed by atoms with van der Waals surface area (Å²) in [6.07, 6.45) is 0. The molecule has 0 heterocycles. The summed E-state index contributed by atoms with van der Waals surface area (Å²) < 4.78 is 0. The molecule has 5 heteroatoms. The van der Waals surface area contributed by atoms with Gasteiger partial charge in [0.15, 0.2) is 0 Å². The molecule has 0 aromatic carbocycles. The average Bonchev–Trinajstić information content (AvgIpc) is 1.91. The smallest absolute Gasteiger partial charge is 0.0530 e. The van der Waals surface area contributed by atoms with Crippen LogP contribution in [0.3, 0.4) is 0 Å². The lowest BCUT2D eigenvalue weighted by Crippen LogP contribution is -1.79. The summed E-state index contributed by atoms with van der Waals surface area (Å²) in [5.74, 6) is 1.29. The summed E-state index contributed by atoms with van der Waals surface area (Å²) in [5.41, 5.74) is 0. The van der Waals surface area contributed by atoms with Crippen molar-refractivity contribution in [3.05, 3.63) is 0 Å². The quantitative estimate of drug-likeness (QED) is 0.384. The number of aliphatic hydroxyl groups excluding tert-OH is 2. The number of aliphatic hydroxyl groups is 2. The normalized spacial score (nSPS) is 8.00. The number of rotatable bonds is 3. The van der Waals surface area contributed by atoms with Crippen LogP contribution in [0, 0.1) is 0 Å². The van der Waals surface area contributed by atoms with Gasteiger partial charge in [-0.1, -0.05) is 10.8 Å². The summed E-state index contributed by atoms with van der Waals surface area (Å²) in [7, 11) is 1.35. The summed E-state index contributed by atoms with van der Waals surface area (Å²) in [6.45, 7) is 0.414. The van der Waals surface area contributed by atoms with E-state index in [4.69, 9.17) is 10.2 Å². The van der Waals surface area contributed by atoms with E-state index in [0.717, 1.165) is 5.75 Å². The van der Waals surface area contributed by atoms with Crippen molar-refractivity contribution in [2.45, 2.75) is 0 Å². The minimum Gasteiger partial charge on any atom is -0.396 e. The van der Waals surface area contributed by atoms with Gasteiger partial charge in [-0.25, -0.2) is 0 Å². The van der Waals surface area contributed by atoms with Gasteiger partial charge < -0.3 is 10.2 Å². The number of hydrogen-bond donors (Lipinski definition) is 4. The fourth-order valence-corrected chi connectivity index (χ4v) is 0.367. The van der Waals surface area contributed by atoms with Crippen molar-refractivity contribution < 1.29 is 10.2 Å². The highest BCUT2D eigenvalue weighted by atomic mass is 33.1. The van der Waals surface area contributed by atoms with Crippen LogP contribution in [0.25, 0.3) is 0 Å². The van der Waals surface area contributed by atoms with Gasteiger partial charge in [-0.05, 0) is 0 Å². The first-order valence-corrected chi connectivity index (χ1v) is 5.09. The summed E-state index contributed by atoms with van der Waals surface area (Å²) in [4.78, 5) is 0. The highest BCUT2D eigenvalue weighted by molar-refractivity contribution is 8.68. The predicted octanol–water partition coefficient (Wildman–Crippen LogP) is 0.465. The zero-order chi connectivity index (χ0) is 7.54. The minimum atomic E-state index is 0.184. The second-order valence-electron chi connectivity index (χ2n) is 1.00. The molecule has 0 unspecified atom stereocenters. The van der Waals surface area contributed by atoms with Crippen molar-refractivity contribution in [3.8, 4) is 0 Å². The Morgan fingerprint density at radius 2 is 1.67 bits per heavy atom. The number of thiol groups is 2. The molecule has 0 amide bonds. The molecule has 0 radical (unpaired) electrons. The van der Waals surface area contributed by atoms with E-state index >= 15 is 0 Å². The maximum atomic E-state index is 8.00. The molecule has 0 aliphatic rings. The Morgan fingerprint density at radius 3 is 1.67 bits per heavy atom. The highest BCUT2D eigenvalue weighted by Gasteiger charge is 1.70. The van der Waals surface area contributed by atoms with E-state index in [2.05, 4.69) is 24.3 Å². The fraction of sp³-hybridized carbons (Fsp3) is 1.00. The first kappa shape index (κ1) is 12.6. The van der Waals surface area contributed by atoms with E-state index in [-0.39, 0.29) is 13.2 Å². The van der Waals surface area contributed by atoms with Crippen molar-refractivity contribution in [2.75, 3.05) is 24.7 Å². The lowest BCUT2D eigenvalue weighted by atomic mass is 10.9. The fourth-order valence-electron chi connectivity index (χ4n) is 0.0408. The van der Waals surface area contributed by atoms with Crippen molar-refractivity contribution in [2.24, 2.45) is 0 Å². The Hall–Kier alpha value is 0.970. The molecule has 9 heavy (non-hydrogen) atoms. The molecule has 0 atom stereocenters. The predicted molar refractivity (Wildman–Crippen MR) is 49.5 cm³/mol. The molecule has 0 rings (SSSR count). The number of hydrogen-bond acceptors (Lipinski definition) is 5. The molecule has 2 N–H and O–H groups in total. The van der Waals surface area contributed by atoms with Crippen LogP contribution in [0.1, 0.15) is 0 Å². The van der Waals surface area contributed by atoms with Crippen molar-refractivity contribution in [1.82, 2.24) is 0 Å². The highest BCUT2D eigenvalue weighted by Crippen LogP contribution is 2.00. The van der Waals surface area contributed by atoms with Gasteiger partial charge in [0, 0.05) is 11.5 Å².